The SMILES string of the molecule is CC1CNCC(COCc2ccc(C(F)(F)F)cc2)O1. The lowest BCUT2D eigenvalue weighted by Gasteiger charge is -2.28. The fraction of sp³-hybridized carbons (Fsp3) is 0.571. The molecule has 1 aliphatic heterocycles. The highest BCUT2D eigenvalue weighted by Crippen LogP contribution is 2.29. The van der Waals surface area contributed by atoms with Gasteiger partial charge in [-0.2, -0.15) is 13.2 Å². The van der Waals surface area contributed by atoms with Crippen molar-refractivity contribution in [2.75, 3.05) is 19.7 Å². The van der Waals surface area contributed by atoms with Gasteiger partial charge in [0.25, 0.3) is 0 Å². The Labute approximate surface area is 116 Å². The molecule has 2 unspecified atom stereocenters. The van der Waals surface area contributed by atoms with Crippen LogP contribution in [0.2, 0.25) is 0 Å². The van der Waals surface area contributed by atoms with Crippen LogP contribution in [0.5, 0.6) is 0 Å². The van der Waals surface area contributed by atoms with Crippen LogP contribution in [-0.4, -0.2) is 31.9 Å². The van der Waals surface area contributed by atoms with E-state index in [9.17, 15) is 13.2 Å². The van der Waals surface area contributed by atoms with Gasteiger partial charge in [0.15, 0.2) is 0 Å². The fourth-order valence-corrected chi connectivity index (χ4v) is 2.07. The first-order valence-electron chi connectivity index (χ1n) is 6.55. The second-order valence-electron chi connectivity index (χ2n) is 4.94. The molecule has 1 fully saturated rings. The summed E-state index contributed by atoms with van der Waals surface area (Å²) < 4.78 is 48.3. The summed E-state index contributed by atoms with van der Waals surface area (Å²) in [6.45, 7) is 4.26. The molecule has 3 nitrogen and oxygen atoms in total. The molecule has 1 N–H and O–H groups in total. The summed E-state index contributed by atoms with van der Waals surface area (Å²) in [4.78, 5) is 0. The molecule has 2 atom stereocenters. The van der Waals surface area contributed by atoms with Gasteiger partial charge in [-0.15, -0.1) is 0 Å². The van der Waals surface area contributed by atoms with E-state index in [-0.39, 0.29) is 18.8 Å². The predicted octanol–water partition coefficient (Wildman–Crippen LogP) is 2.60. The molecule has 2 rings (SSSR count). The predicted molar refractivity (Wildman–Crippen MR) is 68.3 cm³/mol. The fourth-order valence-electron chi connectivity index (χ4n) is 2.07. The number of alkyl halides is 3. The van der Waals surface area contributed by atoms with Crippen LogP contribution in [0.4, 0.5) is 13.2 Å². The summed E-state index contributed by atoms with van der Waals surface area (Å²) in [5.41, 5.74) is 0.0738. The smallest absolute Gasteiger partial charge is 0.374 e. The van der Waals surface area contributed by atoms with Crippen LogP contribution in [0.15, 0.2) is 24.3 Å². The third-order valence-electron chi connectivity index (χ3n) is 3.08. The topological polar surface area (TPSA) is 30.5 Å². The Morgan fingerprint density at radius 3 is 2.55 bits per heavy atom. The Kier molecular flexibility index (Phi) is 5.01. The molecule has 1 aromatic rings. The van der Waals surface area contributed by atoms with Crippen LogP contribution in [0.25, 0.3) is 0 Å². The van der Waals surface area contributed by atoms with Crippen LogP contribution >= 0.6 is 0 Å². The zero-order chi connectivity index (χ0) is 14.6. The van der Waals surface area contributed by atoms with E-state index in [2.05, 4.69) is 5.32 Å². The monoisotopic (exact) mass is 289 g/mol. The average Bonchev–Trinajstić information content (AvgIpc) is 2.38. The van der Waals surface area contributed by atoms with Crippen LogP contribution in [0, 0.1) is 0 Å². The number of nitrogens with one attached hydrogen (secondary N) is 1. The zero-order valence-corrected chi connectivity index (χ0v) is 11.2. The quantitative estimate of drug-likeness (QED) is 0.924. The maximum Gasteiger partial charge on any atom is 0.416 e. The van der Waals surface area contributed by atoms with E-state index in [1.54, 1.807) is 0 Å². The average molecular weight is 289 g/mol. The number of hydrogen-bond acceptors (Lipinski definition) is 3. The van der Waals surface area contributed by atoms with Gasteiger partial charge in [0.1, 0.15) is 0 Å². The number of rotatable bonds is 4. The van der Waals surface area contributed by atoms with Gasteiger partial charge in [-0.1, -0.05) is 12.1 Å². The maximum atomic E-state index is 12.4. The van der Waals surface area contributed by atoms with Crippen molar-refractivity contribution in [1.29, 1.82) is 0 Å². The van der Waals surface area contributed by atoms with Gasteiger partial charge in [-0.25, -0.2) is 0 Å². The van der Waals surface area contributed by atoms with Gasteiger partial charge in [0, 0.05) is 13.1 Å². The highest BCUT2D eigenvalue weighted by Gasteiger charge is 2.29. The van der Waals surface area contributed by atoms with Crippen molar-refractivity contribution in [3.63, 3.8) is 0 Å². The van der Waals surface area contributed by atoms with E-state index in [0.717, 1.165) is 30.8 Å². The summed E-state index contributed by atoms with van der Waals surface area (Å²) in [6.07, 6.45) is -4.14. The second-order valence-corrected chi connectivity index (χ2v) is 4.94. The zero-order valence-electron chi connectivity index (χ0n) is 11.2. The largest absolute Gasteiger partial charge is 0.416 e. The maximum absolute atomic E-state index is 12.4. The molecule has 0 radical (unpaired) electrons. The van der Waals surface area contributed by atoms with Crippen LogP contribution in [0.3, 0.4) is 0 Å². The van der Waals surface area contributed by atoms with Crippen molar-refractivity contribution >= 4 is 0 Å². The number of benzene rings is 1. The third-order valence-corrected chi connectivity index (χ3v) is 3.08. The molecule has 6 heteroatoms. The Hall–Kier alpha value is -1.11. The molecule has 1 aliphatic rings. The van der Waals surface area contributed by atoms with Crippen molar-refractivity contribution in [3.05, 3.63) is 35.4 Å². The molecule has 0 spiro atoms. The minimum atomic E-state index is -4.29. The molecule has 0 saturated carbocycles. The molecule has 20 heavy (non-hydrogen) atoms. The molecular weight excluding hydrogens is 271 g/mol. The lowest BCUT2D eigenvalue weighted by atomic mass is 10.1. The van der Waals surface area contributed by atoms with E-state index in [1.807, 2.05) is 6.92 Å². The molecule has 0 aromatic heterocycles. The van der Waals surface area contributed by atoms with E-state index < -0.39 is 11.7 Å². The first kappa shape index (κ1) is 15.3. The van der Waals surface area contributed by atoms with Gasteiger partial charge in [0.2, 0.25) is 0 Å². The lowest BCUT2D eigenvalue weighted by molar-refractivity contribution is -0.137. The van der Waals surface area contributed by atoms with Crippen molar-refractivity contribution in [3.8, 4) is 0 Å². The number of ether oxygens (including phenoxy) is 2. The number of hydrogen-bond donors (Lipinski definition) is 1. The standard InChI is InChI=1S/C14H18F3NO2/c1-10-6-18-7-13(20-10)9-19-8-11-2-4-12(5-3-11)14(15,16)17/h2-5,10,13,18H,6-9H2,1H3. The van der Waals surface area contributed by atoms with Gasteiger partial charge in [-0.3, -0.25) is 0 Å². The Morgan fingerprint density at radius 1 is 1.25 bits per heavy atom. The lowest BCUT2D eigenvalue weighted by Crippen LogP contribution is -2.45. The Morgan fingerprint density at radius 2 is 1.95 bits per heavy atom. The van der Waals surface area contributed by atoms with Gasteiger partial charge >= 0.3 is 6.18 Å². The minimum absolute atomic E-state index is 0.00630. The van der Waals surface area contributed by atoms with E-state index in [1.165, 1.54) is 12.1 Å². The molecule has 0 amide bonds. The van der Waals surface area contributed by atoms with Crippen molar-refractivity contribution in [1.82, 2.24) is 5.32 Å². The van der Waals surface area contributed by atoms with Crippen LogP contribution in [-0.2, 0) is 22.3 Å². The summed E-state index contributed by atoms with van der Waals surface area (Å²) in [7, 11) is 0. The van der Waals surface area contributed by atoms with E-state index in [0.29, 0.717) is 6.61 Å². The van der Waals surface area contributed by atoms with Crippen LogP contribution in [0.1, 0.15) is 18.1 Å². The first-order valence-corrected chi connectivity index (χ1v) is 6.55. The van der Waals surface area contributed by atoms with Gasteiger partial charge in [-0.05, 0) is 24.6 Å². The van der Waals surface area contributed by atoms with Crippen LogP contribution < -0.4 is 5.32 Å². The van der Waals surface area contributed by atoms with E-state index >= 15 is 0 Å². The molecule has 1 heterocycles. The molecular formula is C14H18F3NO2. The Balaban J connectivity index is 1.77. The van der Waals surface area contributed by atoms with Crippen molar-refractivity contribution in [2.45, 2.75) is 31.9 Å². The summed E-state index contributed by atoms with van der Waals surface area (Å²) in [6, 6.07) is 5.01. The molecule has 112 valence electrons. The van der Waals surface area contributed by atoms with Gasteiger partial charge < -0.3 is 14.8 Å². The summed E-state index contributed by atoms with van der Waals surface area (Å²) in [5, 5.41) is 3.23. The summed E-state index contributed by atoms with van der Waals surface area (Å²) >= 11 is 0. The number of morpholine rings is 1. The highest BCUT2D eigenvalue weighted by atomic mass is 19.4. The number of halogens is 3. The third kappa shape index (κ3) is 4.47. The molecule has 1 aromatic carbocycles. The second kappa shape index (κ2) is 6.56. The highest BCUT2D eigenvalue weighted by molar-refractivity contribution is 5.24. The molecule has 1 saturated heterocycles. The van der Waals surface area contributed by atoms with Crippen molar-refractivity contribution < 1.29 is 22.6 Å². The Bertz CT molecular complexity index is 419. The normalized spacial score (nSPS) is 23.8. The van der Waals surface area contributed by atoms with Crippen molar-refractivity contribution in [2.24, 2.45) is 0 Å². The molecule has 0 aliphatic carbocycles. The van der Waals surface area contributed by atoms with Gasteiger partial charge in [0.05, 0.1) is 31.0 Å². The molecule has 0 bridgehead atoms. The summed E-state index contributed by atoms with van der Waals surface area (Å²) in [5.74, 6) is 0. The van der Waals surface area contributed by atoms with E-state index in [4.69, 9.17) is 9.47 Å². The first-order chi connectivity index (χ1) is 9.45. The minimum Gasteiger partial charge on any atom is -0.374 e.